The number of carbonyl (C=O) groups excluding carboxylic acids is 5. The third kappa shape index (κ3) is 8.34. The number of amides is 3. The SMILES string of the molecule is CC(=O)c1ccc(CC(=O)C2c3cccc(N4CCN(C(=O)CC[C@H](N)C(=O)O)CC4=O)c3CCN2C(=O)/C=C/c2c(-n3cnnn3)ccc(Cl)c2F)cc1. The molecule has 3 heterocycles. The van der Waals surface area contributed by atoms with Crippen molar-refractivity contribution >= 4 is 58.6 Å². The van der Waals surface area contributed by atoms with Crippen molar-refractivity contribution in [3.8, 4) is 5.69 Å². The Kier molecular flexibility index (Phi) is 11.6. The minimum absolute atomic E-state index is 0.0536. The highest BCUT2D eigenvalue weighted by Gasteiger charge is 2.38. The topological polar surface area (TPSA) is 202 Å². The van der Waals surface area contributed by atoms with Gasteiger partial charge in [0.2, 0.25) is 17.7 Å². The number of carboxylic acid groups (broad SMARTS) is 1. The van der Waals surface area contributed by atoms with Gasteiger partial charge < -0.3 is 25.5 Å². The molecule has 17 heteroatoms. The number of anilines is 1. The van der Waals surface area contributed by atoms with Crippen LogP contribution >= 0.6 is 11.6 Å². The number of Topliss-reactive ketones (excluding diaryl/α,β-unsaturated/α-hetero) is 2. The standard InChI is InChI=1S/C38H36ClFN8O7/c1-22(49)24-7-5-23(6-8-24)19-32(50)37-26-3-2-4-30(46-18-17-45(20-35(46)53)33(51)14-11-29(41)38(54)55)25(26)15-16-47(37)34(52)13-9-27-31(48-21-42-43-44-48)12-10-28(39)36(27)40/h2-10,12-13,21,29,37H,11,14-20,41H2,1H3,(H,54,55)/b13-9+/t29-,37?/m0/s1. The van der Waals surface area contributed by atoms with Crippen molar-refractivity contribution in [3.63, 3.8) is 0 Å². The average Bonchev–Trinajstić information content (AvgIpc) is 3.71. The van der Waals surface area contributed by atoms with Crippen LogP contribution in [-0.2, 0) is 36.8 Å². The highest BCUT2D eigenvalue weighted by molar-refractivity contribution is 6.31. The Labute approximate surface area is 319 Å². The Morgan fingerprint density at radius 1 is 1.04 bits per heavy atom. The highest BCUT2D eigenvalue weighted by Crippen LogP contribution is 2.38. The van der Waals surface area contributed by atoms with Crippen LogP contribution in [0.4, 0.5) is 10.1 Å². The van der Waals surface area contributed by atoms with Crippen LogP contribution in [0, 0.1) is 5.82 Å². The molecule has 3 aromatic carbocycles. The van der Waals surface area contributed by atoms with Crippen LogP contribution in [0.1, 0.15) is 58.4 Å². The number of piperazine rings is 1. The normalized spacial score (nSPS) is 16.3. The highest BCUT2D eigenvalue weighted by atomic mass is 35.5. The molecular weight excluding hydrogens is 735 g/mol. The summed E-state index contributed by atoms with van der Waals surface area (Å²) in [5, 5.41) is 19.9. The Bertz CT molecular complexity index is 2190. The first-order valence-corrected chi connectivity index (χ1v) is 17.7. The fourth-order valence-corrected chi connectivity index (χ4v) is 6.95. The molecule has 3 N–H and O–H groups in total. The van der Waals surface area contributed by atoms with Gasteiger partial charge in [-0.25, -0.2) is 4.39 Å². The van der Waals surface area contributed by atoms with E-state index in [4.69, 9.17) is 22.4 Å². The van der Waals surface area contributed by atoms with E-state index >= 15 is 4.39 Å². The molecular formula is C38H36ClFN8O7. The van der Waals surface area contributed by atoms with E-state index in [0.29, 0.717) is 27.9 Å². The fraction of sp³-hybridized carbons (Fsp3) is 0.289. The van der Waals surface area contributed by atoms with E-state index in [1.165, 1.54) is 45.9 Å². The summed E-state index contributed by atoms with van der Waals surface area (Å²) < 4.78 is 16.6. The zero-order chi connectivity index (χ0) is 39.4. The minimum atomic E-state index is -1.22. The predicted molar refractivity (Wildman–Crippen MR) is 197 cm³/mol. The molecule has 2 aliphatic heterocycles. The van der Waals surface area contributed by atoms with Crippen molar-refractivity contribution in [2.45, 2.75) is 44.7 Å². The number of hydrogen-bond acceptors (Lipinski definition) is 10. The second-order valence-electron chi connectivity index (χ2n) is 13.2. The molecule has 0 bridgehead atoms. The lowest BCUT2D eigenvalue weighted by molar-refractivity contribution is -0.140. The second kappa shape index (κ2) is 16.5. The largest absolute Gasteiger partial charge is 0.480 e. The maximum Gasteiger partial charge on any atom is 0.320 e. The van der Waals surface area contributed by atoms with Gasteiger partial charge in [-0.05, 0) is 71.2 Å². The molecule has 0 radical (unpaired) electrons. The van der Waals surface area contributed by atoms with Crippen LogP contribution in [0.3, 0.4) is 0 Å². The molecule has 1 unspecified atom stereocenters. The Hall–Kier alpha value is -6.13. The molecule has 284 valence electrons. The van der Waals surface area contributed by atoms with Crippen molar-refractivity contribution in [1.82, 2.24) is 30.0 Å². The van der Waals surface area contributed by atoms with Gasteiger partial charge in [0, 0.05) is 55.4 Å². The molecule has 0 spiro atoms. The summed E-state index contributed by atoms with van der Waals surface area (Å²) in [4.78, 5) is 81.9. The number of carbonyl (C=O) groups is 6. The molecule has 0 aliphatic carbocycles. The number of aromatic nitrogens is 4. The van der Waals surface area contributed by atoms with Crippen molar-refractivity contribution in [2.24, 2.45) is 5.73 Å². The number of benzene rings is 3. The molecule has 3 amide bonds. The summed E-state index contributed by atoms with van der Waals surface area (Å²) in [6.07, 6.45) is 3.67. The Morgan fingerprint density at radius 3 is 2.47 bits per heavy atom. The number of nitrogens with zero attached hydrogens (tertiary/aromatic N) is 7. The molecule has 2 aliphatic rings. The lowest BCUT2D eigenvalue weighted by Gasteiger charge is -2.40. The second-order valence-corrected chi connectivity index (χ2v) is 13.6. The van der Waals surface area contributed by atoms with Crippen LogP contribution in [0.5, 0.6) is 0 Å². The first kappa shape index (κ1) is 38.6. The van der Waals surface area contributed by atoms with E-state index in [1.54, 1.807) is 47.4 Å². The number of rotatable bonds is 12. The summed E-state index contributed by atoms with van der Waals surface area (Å²) in [5.74, 6) is -3.82. The van der Waals surface area contributed by atoms with Gasteiger partial charge in [-0.3, -0.25) is 28.8 Å². The lowest BCUT2D eigenvalue weighted by Crippen LogP contribution is -2.53. The van der Waals surface area contributed by atoms with Crippen molar-refractivity contribution in [2.75, 3.05) is 31.1 Å². The van der Waals surface area contributed by atoms with E-state index in [2.05, 4.69) is 15.5 Å². The first-order valence-electron chi connectivity index (χ1n) is 17.3. The minimum Gasteiger partial charge on any atom is -0.480 e. The van der Waals surface area contributed by atoms with Crippen LogP contribution in [0.15, 0.2) is 67.0 Å². The van der Waals surface area contributed by atoms with E-state index in [1.807, 2.05) is 0 Å². The van der Waals surface area contributed by atoms with Crippen molar-refractivity contribution in [1.29, 1.82) is 0 Å². The zero-order valence-corrected chi connectivity index (χ0v) is 30.4. The van der Waals surface area contributed by atoms with Gasteiger partial charge >= 0.3 is 5.97 Å². The molecule has 15 nitrogen and oxygen atoms in total. The fourth-order valence-electron chi connectivity index (χ4n) is 6.78. The molecule has 1 fully saturated rings. The Morgan fingerprint density at radius 2 is 1.80 bits per heavy atom. The number of ketones is 2. The summed E-state index contributed by atoms with van der Waals surface area (Å²) in [6.45, 7) is 1.62. The average molecular weight is 771 g/mol. The summed E-state index contributed by atoms with van der Waals surface area (Å²) in [5.41, 5.74) is 8.55. The van der Waals surface area contributed by atoms with Gasteiger partial charge in [0.15, 0.2) is 17.4 Å². The maximum absolute atomic E-state index is 15.3. The van der Waals surface area contributed by atoms with Crippen LogP contribution in [-0.4, -0.2) is 103 Å². The number of fused-ring (bicyclic) bond motifs is 1. The van der Waals surface area contributed by atoms with Gasteiger partial charge in [0.25, 0.3) is 0 Å². The summed E-state index contributed by atoms with van der Waals surface area (Å²) in [6, 6.07) is 12.3. The van der Waals surface area contributed by atoms with Crippen LogP contribution < -0.4 is 10.6 Å². The van der Waals surface area contributed by atoms with Crippen molar-refractivity contribution in [3.05, 3.63) is 106 Å². The number of nitrogens with two attached hydrogens (primary N) is 1. The number of aliphatic carboxylic acids is 1. The molecule has 1 saturated heterocycles. The Balaban J connectivity index is 1.30. The molecule has 0 saturated carbocycles. The number of carboxylic acids is 1. The number of tetrazole rings is 1. The van der Waals surface area contributed by atoms with E-state index in [-0.39, 0.29) is 91.5 Å². The van der Waals surface area contributed by atoms with Gasteiger partial charge in [-0.1, -0.05) is 48.0 Å². The van der Waals surface area contributed by atoms with Gasteiger partial charge in [-0.2, -0.15) is 4.68 Å². The van der Waals surface area contributed by atoms with Crippen LogP contribution in [0.25, 0.3) is 11.8 Å². The first-order chi connectivity index (χ1) is 26.3. The monoisotopic (exact) mass is 770 g/mol. The quantitative estimate of drug-likeness (QED) is 0.158. The predicted octanol–water partition coefficient (Wildman–Crippen LogP) is 2.98. The molecule has 55 heavy (non-hydrogen) atoms. The summed E-state index contributed by atoms with van der Waals surface area (Å²) in [7, 11) is 0. The molecule has 2 atom stereocenters. The van der Waals surface area contributed by atoms with E-state index in [9.17, 15) is 28.8 Å². The zero-order valence-electron chi connectivity index (χ0n) is 29.6. The number of hydrogen-bond donors (Lipinski definition) is 2. The smallest absolute Gasteiger partial charge is 0.320 e. The third-order valence-corrected chi connectivity index (χ3v) is 9.96. The van der Waals surface area contributed by atoms with Gasteiger partial charge in [0.1, 0.15) is 25.0 Å². The van der Waals surface area contributed by atoms with Gasteiger partial charge in [0.05, 0.1) is 10.7 Å². The van der Waals surface area contributed by atoms with Gasteiger partial charge in [-0.15, -0.1) is 5.10 Å². The number of halogens is 2. The molecule has 1 aromatic heterocycles. The molecule has 4 aromatic rings. The maximum atomic E-state index is 15.3. The van der Waals surface area contributed by atoms with E-state index in [0.717, 1.165) is 6.08 Å². The van der Waals surface area contributed by atoms with E-state index < -0.39 is 29.8 Å². The lowest BCUT2D eigenvalue weighted by atomic mass is 9.86. The molecule has 6 rings (SSSR count). The summed E-state index contributed by atoms with van der Waals surface area (Å²) >= 11 is 6.08. The third-order valence-electron chi connectivity index (χ3n) is 9.67. The van der Waals surface area contributed by atoms with Crippen molar-refractivity contribution < 1.29 is 38.3 Å². The van der Waals surface area contributed by atoms with Crippen LogP contribution in [0.2, 0.25) is 5.02 Å².